The van der Waals surface area contributed by atoms with E-state index in [1.807, 2.05) is 35.8 Å². The van der Waals surface area contributed by atoms with Gasteiger partial charge in [0.05, 0.1) is 11.0 Å². The summed E-state index contributed by atoms with van der Waals surface area (Å²) in [5.74, 6) is 1.14. The number of aromatic nitrogens is 3. The summed E-state index contributed by atoms with van der Waals surface area (Å²) in [5.41, 5.74) is 17.0. The van der Waals surface area contributed by atoms with Gasteiger partial charge in [0.1, 0.15) is 17.9 Å². The Balaban J connectivity index is 2.25. The number of pyridine rings is 1. The molecule has 0 unspecified atom stereocenters. The molecule has 0 aliphatic carbocycles. The first-order valence-electron chi connectivity index (χ1n) is 7.38. The number of hydrogen-bond acceptors (Lipinski definition) is 5. The number of ether oxygens (including phenoxy) is 1. The van der Waals surface area contributed by atoms with Gasteiger partial charge < -0.3 is 15.0 Å². The Bertz CT molecular complexity index is 896. The van der Waals surface area contributed by atoms with Crippen LogP contribution in [-0.4, -0.2) is 27.7 Å². The predicted octanol–water partition coefficient (Wildman–Crippen LogP) is 3.01. The molecule has 0 amide bonds. The zero-order chi connectivity index (χ0) is 16.2. The Kier molecular flexibility index (Phi) is 4.27. The van der Waals surface area contributed by atoms with Crippen LogP contribution in [0.15, 0.2) is 29.4 Å². The van der Waals surface area contributed by atoms with Gasteiger partial charge in [-0.15, -0.1) is 0 Å². The van der Waals surface area contributed by atoms with E-state index in [9.17, 15) is 0 Å². The number of para-hydroxylation sites is 1. The lowest BCUT2D eigenvalue weighted by Gasteiger charge is -2.09. The molecule has 2 heterocycles. The van der Waals surface area contributed by atoms with Gasteiger partial charge in [-0.1, -0.05) is 23.3 Å². The zero-order valence-corrected chi connectivity index (χ0v) is 12.8. The molecular formula is C15H17N7O. The lowest BCUT2D eigenvalue weighted by atomic mass is 10.2. The average molecular weight is 311 g/mol. The van der Waals surface area contributed by atoms with Crippen LogP contribution < -0.4 is 5.73 Å². The molecule has 3 aromatic rings. The molecule has 0 spiro atoms. The van der Waals surface area contributed by atoms with Crippen LogP contribution in [0, 0.1) is 0 Å². The number of fused-ring (bicyclic) bond motifs is 3. The quantitative estimate of drug-likeness (QED) is 0.428. The maximum Gasteiger partial charge on any atom is 0.152 e. The van der Waals surface area contributed by atoms with Crippen molar-refractivity contribution in [3.63, 3.8) is 0 Å². The minimum absolute atomic E-state index is 0.331. The summed E-state index contributed by atoms with van der Waals surface area (Å²) < 4.78 is 7.50. The molecular weight excluding hydrogens is 294 g/mol. The van der Waals surface area contributed by atoms with Crippen molar-refractivity contribution in [1.29, 1.82) is 0 Å². The van der Waals surface area contributed by atoms with Crippen molar-refractivity contribution in [2.45, 2.75) is 20.1 Å². The van der Waals surface area contributed by atoms with Crippen molar-refractivity contribution in [3.05, 3.63) is 40.5 Å². The van der Waals surface area contributed by atoms with Gasteiger partial charge in [-0.3, -0.25) is 0 Å². The normalized spacial score (nSPS) is 11.0. The number of imidazole rings is 1. The summed E-state index contributed by atoms with van der Waals surface area (Å²) in [7, 11) is 0. The van der Waals surface area contributed by atoms with Gasteiger partial charge in [-0.2, -0.15) is 0 Å². The van der Waals surface area contributed by atoms with E-state index in [4.69, 9.17) is 16.0 Å². The predicted molar refractivity (Wildman–Crippen MR) is 88.8 cm³/mol. The maximum absolute atomic E-state index is 8.51. The molecule has 0 saturated carbocycles. The van der Waals surface area contributed by atoms with E-state index < -0.39 is 0 Å². The fraction of sp³-hybridized carbons (Fsp3) is 0.333. The van der Waals surface area contributed by atoms with Gasteiger partial charge in [-0.05, 0) is 18.5 Å². The second kappa shape index (κ2) is 6.51. The van der Waals surface area contributed by atoms with Gasteiger partial charge in [0.15, 0.2) is 5.82 Å². The lowest BCUT2D eigenvalue weighted by Crippen LogP contribution is -2.08. The summed E-state index contributed by atoms with van der Waals surface area (Å²) >= 11 is 0. The number of nitrogens with two attached hydrogens (primary N) is 1. The summed E-state index contributed by atoms with van der Waals surface area (Å²) in [6.07, 6.45) is 0. The van der Waals surface area contributed by atoms with Crippen LogP contribution in [0.2, 0.25) is 0 Å². The van der Waals surface area contributed by atoms with Crippen LogP contribution in [0.25, 0.3) is 32.4 Å². The summed E-state index contributed by atoms with van der Waals surface area (Å²) in [5, 5.41) is 4.59. The third kappa shape index (κ3) is 2.77. The Morgan fingerprint density at radius 3 is 2.96 bits per heavy atom. The van der Waals surface area contributed by atoms with Crippen LogP contribution in [0.4, 0.5) is 5.82 Å². The topological polar surface area (TPSA) is 115 Å². The SMILES string of the molecule is CCOCc1nc2c(N)nc3ccccc3c2n1CCN=[N+]=[N-]. The molecule has 2 N–H and O–H groups in total. The molecule has 2 aromatic heterocycles. The average Bonchev–Trinajstić information content (AvgIpc) is 2.93. The van der Waals surface area contributed by atoms with Crippen molar-refractivity contribution < 1.29 is 4.74 Å². The van der Waals surface area contributed by atoms with Crippen LogP contribution in [-0.2, 0) is 17.9 Å². The molecule has 0 aliphatic heterocycles. The molecule has 8 heteroatoms. The van der Waals surface area contributed by atoms with Gasteiger partial charge in [0.25, 0.3) is 0 Å². The first-order chi connectivity index (χ1) is 11.3. The molecule has 118 valence electrons. The second-order valence-corrected chi connectivity index (χ2v) is 4.98. The Hall–Kier alpha value is -2.83. The van der Waals surface area contributed by atoms with Crippen molar-refractivity contribution in [1.82, 2.24) is 14.5 Å². The third-order valence-corrected chi connectivity index (χ3v) is 3.61. The van der Waals surface area contributed by atoms with Crippen molar-refractivity contribution >= 4 is 27.8 Å². The minimum atomic E-state index is 0.331. The molecule has 0 fully saturated rings. The van der Waals surface area contributed by atoms with E-state index in [-0.39, 0.29) is 0 Å². The molecule has 0 saturated heterocycles. The number of rotatable bonds is 6. The van der Waals surface area contributed by atoms with E-state index in [2.05, 4.69) is 20.0 Å². The fourth-order valence-corrected chi connectivity index (χ4v) is 2.64. The minimum Gasteiger partial charge on any atom is -0.382 e. The second-order valence-electron chi connectivity index (χ2n) is 4.98. The molecule has 0 bridgehead atoms. The van der Waals surface area contributed by atoms with Crippen LogP contribution >= 0.6 is 0 Å². The van der Waals surface area contributed by atoms with E-state index in [0.717, 1.165) is 22.2 Å². The monoisotopic (exact) mass is 311 g/mol. The number of nitrogens with zero attached hydrogens (tertiary/aromatic N) is 6. The number of hydrogen-bond donors (Lipinski definition) is 1. The third-order valence-electron chi connectivity index (χ3n) is 3.61. The molecule has 3 rings (SSSR count). The van der Waals surface area contributed by atoms with Crippen LogP contribution in [0.3, 0.4) is 0 Å². The highest BCUT2D eigenvalue weighted by molar-refractivity contribution is 6.06. The Morgan fingerprint density at radius 2 is 2.17 bits per heavy atom. The van der Waals surface area contributed by atoms with E-state index in [1.54, 1.807) is 0 Å². The fourth-order valence-electron chi connectivity index (χ4n) is 2.64. The molecule has 1 aromatic carbocycles. The summed E-state index contributed by atoms with van der Waals surface area (Å²) in [6.45, 7) is 3.73. The number of nitrogen functional groups attached to an aromatic ring is 1. The highest BCUT2D eigenvalue weighted by Crippen LogP contribution is 2.28. The number of azide groups is 1. The first kappa shape index (κ1) is 15.1. The van der Waals surface area contributed by atoms with E-state index >= 15 is 0 Å². The largest absolute Gasteiger partial charge is 0.382 e. The van der Waals surface area contributed by atoms with Crippen molar-refractivity contribution in [3.8, 4) is 0 Å². The van der Waals surface area contributed by atoms with Crippen molar-refractivity contribution in [2.75, 3.05) is 18.9 Å². The number of benzene rings is 1. The van der Waals surface area contributed by atoms with Gasteiger partial charge in [-0.25, -0.2) is 9.97 Å². The molecule has 0 aliphatic rings. The van der Waals surface area contributed by atoms with E-state index in [0.29, 0.717) is 37.6 Å². The smallest absolute Gasteiger partial charge is 0.152 e. The molecule has 0 radical (unpaired) electrons. The molecule has 0 atom stereocenters. The van der Waals surface area contributed by atoms with Gasteiger partial charge >= 0.3 is 0 Å². The Morgan fingerprint density at radius 1 is 1.35 bits per heavy atom. The van der Waals surface area contributed by atoms with Crippen molar-refractivity contribution in [2.24, 2.45) is 5.11 Å². The maximum atomic E-state index is 8.51. The zero-order valence-electron chi connectivity index (χ0n) is 12.8. The highest BCUT2D eigenvalue weighted by Gasteiger charge is 2.16. The summed E-state index contributed by atoms with van der Waals surface area (Å²) in [4.78, 5) is 11.8. The van der Waals surface area contributed by atoms with E-state index in [1.165, 1.54) is 0 Å². The lowest BCUT2D eigenvalue weighted by molar-refractivity contribution is 0.126. The first-order valence-corrected chi connectivity index (χ1v) is 7.38. The van der Waals surface area contributed by atoms with Crippen LogP contribution in [0.5, 0.6) is 0 Å². The molecule has 23 heavy (non-hydrogen) atoms. The Labute approximate surface area is 132 Å². The van der Waals surface area contributed by atoms with Gasteiger partial charge in [0, 0.05) is 30.0 Å². The standard InChI is InChI=1S/C15H17N7O/c1-2-23-9-12-20-13-14(22(12)8-7-18-21-17)10-5-3-4-6-11(10)19-15(13)16/h3-6H,2,7-9H2,1H3,(H2,16,19). The van der Waals surface area contributed by atoms with Crippen LogP contribution in [0.1, 0.15) is 12.7 Å². The van der Waals surface area contributed by atoms with Gasteiger partial charge in [0.2, 0.25) is 0 Å². The number of anilines is 1. The highest BCUT2D eigenvalue weighted by atomic mass is 16.5. The summed E-state index contributed by atoms with van der Waals surface area (Å²) in [6, 6.07) is 7.77. The molecule has 8 nitrogen and oxygen atoms in total.